The maximum absolute atomic E-state index is 10.5. The lowest BCUT2D eigenvalue weighted by Gasteiger charge is -2.04. The molecule has 0 aromatic carbocycles. The summed E-state index contributed by atoms with van der Waals surface area (Å²) in [4.78, 5) is 11.2. The Morgan fingerprint density at radius 3 is 3.16 bits per heavy atom. The lowest BCUT2D eigenvalue weighted by Crippen LogP contribution is -2.04. The summed E-state index contributed by atoms with van der Waals surface area (Å²) in [6.45, 7) is 0.759. The molecular weight excluding hydrogens is 268 g/mol. The number of hydrogen-bond donors (Lipinski definition) is 1. The smallest absolute Gasteiger partial charge is 0.303 e. The van der Waals surface area contributed by atoms with Crippen molar-refractivity contribution >= 4 is 22.3 Å². The van der Waals surface area contributed by atoms with E-state index in [1.165, 1.54) is 11.3 Å². The molecule has 0 radical (unpaired) electrons. The maximum atomic E-state index is 10.5. The van der Waals surface area contributed by atoms with Crippen molar-refractivity contribution in [3.05, 3.63) is 10.8 Å². The molecule has 2 aromatic heterocycles. The molecular formula is C11H14N4O3S. The zero-order valence-corrected chi connectivity index (χ0v) is 11.1. The van der Waals surface area contributed by atoms with Gasteiger partial charge in [-0.1, -0.05) is 11.3 Å². The van der Waals surface area contributed by atoms with E-state index in [0.717, 1.165) is 35.2 Å². The standard InChI is InChI=1S/C11H14N4O3S/c16-9(17)5-1-4-8-14-15-10(7-3-2-6-18-7)12-13-11(15)19-8/h7H,1-6H2,(H,16,17). The molecule has 3 heterocycles. The maximum Gasteiger partial charge on any atom is 0.303 e. The Morgan fingerprint density at radius 1 is 1.53 bits per heavy atom. The van der Waals surface area contributed by atoms with Crippen molar-refractivity contribution in [2.45, 2.75) is 38.2 Å². The minimum Gasteiger partial charge on any atom is -0.481 e. The zero-order chi connectivity index (χ0) is 13.2. The minimum atomic E-state index is -0.775. The summed E-state index contributed by atoms with van der Waals surface area (Å²) in [7, 11) is 0. The molecule has 0 bridgehead atoms. The molecule has 1 unspecified atom stereocenters. The van der Waals surface area contributed by atoms with E-state index < -0.39 is 5.97 Å². The topological polar surface area (TPSA) is 89.6 Å². The Balaban J connectivity index is 1.75. The van der Waals surface area contributed by atoms with Gasteiger partial charge in [0.05, 0.1) is 0 Å². The van der Waals surface area contributed by atoms with Gasteiger partial charge in [-0.15, -0.1) is 10.2 Å². The molecule has 1 N–H and O–H groups in total. The fourth-order valence-electron chi connectivity index (χ4n) is 2.15. The molecule has 0 saturated carbocycles. The Hall–Kier alpha value is -1.54. The fourth-order valence-corrected chi connectivity index (χ4v) is 3.03. The van der Waals surface area contributed by atoms with Crippen LogP contribution in [0.25, 0.3) is 4.96 Å². The summed E-state index contributed by atoms with van der Waals surface area (Å²) in [6, 6.07) is 0. The molecule has 19 heavy (non-hydrogen) atoms. The van der Waals surface area contributed by atoms with Crippen LogP contribution in [0, 0.1) is 0 Å². The van der Waals surface area contributed by atoms with Crippen LogP contribution in [-0.4, -0.2) is 37.5 Å². The van der Waals surface area contributed by atoms with Gasteiger partial charge in [0.15, 0.2) is 5.82 Å². The van der Waals surface area contributed by atoms with Gasteiger partial charge in [0.25, 0.3) is 0 Å². The van der Waals surface area contributed by atoms with Gasteiger partial charge in [-0.2, -0.15) is 9.61 Å². The lowest BCUT2D eigenvalue weighted by atomic mass is 10.2. The van der Waals surface area contributed by atoms with Crippen LogP contribution in [0.1, 0.15) is 42.6 Å². The molecule has 8 heteroatoms. The molecule has 1 atom stereocenters. The molecule has 1 saturated heterocycles. The molecule has 1 aliphatic rings. The predicted molar refractivity (Wildman–Crippen MR) is 67.2 cm³/mol. The van der Waals surface area contributed by atoms with Gasteiger partial charge in [-0.3, -0.25) is 4.79 Å². The first kappa shape index (κ1) is 12.5. The number of ether oxygens (including phenoxy) is 1. The van der Waals surface area contributed by atoms with Crippen LogP contribution in [0.5, 0.6) is 0 Å². The van der Waals surface area contributed by atoms with Crippen LogP contribution in [0.15, 0.2) is 0 Å². The van der Waals surface area contributed by atoms with Crippen molar-refractivity contribution < 1.29 is 14.6 Å². The van der Waals surface area contributed by atoms with Crippen LogP contribution in [0.4, 0.5) is 0 Å². The number of carbonyl (C=O) groups is 1. The van der Waals surface area contributed by atoms with Crippen LogP contribution >= 0.6 is 11.3 Å². The second-order valence-electron chi connectivity index (χ2n) is 4.50. The first-order valence-corrected chi connectivity index (χ1v) is 7.10. The van der Waals surface area contributed by atoms with E-state index in [0.29, 0.717) is 12.8 Å². The number of rotatable bonds is 5. The van der Waals surface area contributed by atoms with Crippen LogP contribution in [0.2, 0.25) is 0 Å². The van der Waals surface area contributed by atoms with Gasteiger partial charge in [-0.25, -0.2) is 0 Å². The Labute approximate surface area is 113 Å². The van der Waals surface area contributed by atoms with Crippen molar-refractivity contribution in [2.75, 3.05) is 6.61 Å². The molecule has 2 aromatic rings. The van der Waals surface area contributed by atoms with Crippen LogP contribution in [0.3, 0.4) is 0 Å². The van der Waals surface area contributed by atoms with Crippen molar-refractivity contribution in [2.24, 2.45) is 0 Å². The average molecular weight is 282 g/mol. The van der Waals surface area contributed by atoms with Crippen LogP contribution < -0.4 is 0 Å². The van der Waals surface area contributed by atoms with Crippen molar-refractivity contribution in [3.63, 3.8) is 0 Å². The fraction of sp³-hybridized carbons (Fsp3) is 0.636. The average Bonchev–Trinajstić information content (AvgIpc) is 3.01. The number of carboxylic acid groups (broad SMARTS) is 1. The summed E-state index contributed by atoms with van der Waals surface area (Å²) in [6.07, 6.45) is 3.39. The molecule has 3 rings (SSSR count). The van der Waals surface area contributed by atoms with Crippen LogP contribution in [-0.2, 0) is 16.0 Å². The van der Waals surface area contributed by atoms with E-state index in [4.69, 9.17) is 9.84 Å². The van der Waals surface area contributed by atoms with Gasteiger partial charge in [0.2, 0.25) is 4.96 Å². The third-order valence-corrected chi connectivity index (χ3v) is 4.01. The van der Waals surface area contributed by atoms with Gasteiger partial charge in [0, 0.05) is 19.4 Å². The number of hydrogen-bond acceptors (Lipinski definition) is 6. The number of nitrogens with zero attached hydrogens (tertiary/aromatic N) is 4. The Morgan fingerprint density at radius 2 is 2.42 bits per heavy atom. The van der Waals surface area contributed by atoms with Gasteiger partial charge in [0.1, 0.15) is 11.1 Å². The van der Waals surface area contributed by atoms with Gasteiger partial charge < -0.3 is 9.84 Å². The van der Waals surface area contributed by atoms with E-state index >= 15 is 0 Å². The molecule has 0 aliphatic carbocycles. The second-order valence-corrected chi connectivity index (χ2v) is 5.54. The summed E-state index contributed by atoms with van der Waals surface area (Å²) < 4.78 is 7.32. The molecule has 1 fully saturated rings. The third-order valence-electron chi connectivity index (χ3n) is 3.06. The number of aryl methyl sites for hydroxylation is 1. The lowest BCUT2D eigenvalue weighted by molar-refractivity contribution is -0.137. The first-order valence-electron chi connectivity index (χ1n) is 6.28. The molecule has 0 amide bonds. The summed E-state index contributed by atoms with van der Waals surface area (Å²) >= 11 is 1.46. The largest absolute Gasteiger partial charge is 0.481 e. The van der Waals surface area contributed by atoms with E-state index in [1.54, 1.807) is 4.52 Å². The number of fused-ring (bicyclic) bond motifs is 1. The summed E-state index contributed by atoms with van der Waals surface area (Å²) in [5.74, 6) is -0.0173. The van der Waals surface area contributed by atoms with Gasteiger partial charge >= 0.3 is 5.97 Å². The highest BCUT2D eigenvalue weighted by Gasteiger charge is 2.24. The van der Waals surface area contributed by atoms with E-state index in [1.807, 2.05) is 0 Å². The highest BCUT2D eigenvalue weighted by Crippen LogP contribution is 2.28. The van der Waals surface area contributed by atoms with Crippen molar-refractivity contribution in [1.29, 1.82) is 0 Å². The monoisotopic (exact) mass is 282 g/mol. The number of aliphatic carboxylic acids is 1. The van der Waals surface area contributed by atoms with Crippen molar-refractivity contribution in [1.82, 2.24) is 19.8 Å². The zero-order valence-electron chi connectivity index (χ0n) is 10.3. The summed E-state index contributed by atoms with van der Waals surface area (Å²) in [5, 5.41) is 22.2. The van der Waals surface area contributed by atoms with Crippen molar-refractivity contribution in [3.8, 4) is 0 Å². The summed E-state index contributed by atoms with van der Waals surface area (Å²) in [5.41, 5.74) is 0. The molecule has 102 valence electrons. The Kier molecular flexibility index (Phi) is 3.43. The van der Waals surface area contributed by atoms with Gasteiger partial charge in [-0.05, 0) is 19.3 Å². The molecule has 0 spiro atoms. The molecule has 1 aliphatic heterocycles. The minimum absolute atomic E-state index is 0.0102. The van der Waals surface area contributed by atoms with E-state index in [9.17, 15) is 4.79 Å². The highest BCUT2D eigenvalue weighted by molar-refractivity contribution is 7.16. The first-order chi connectivity index (χ1) is 9.24. The third kappa shape index (κ3) is 2.59. The normalized spacial score (nSPS) is 19.3. The predicted octanol–water partition coefficient (Wildman–Crippen LogP) is 1.44. The van der Waals surface area contributed by atoms with E-state index in [2.05, 4.69) is 15.3 Å². The number of carboxylic acids is 1. The Bertz CT molecular complexity index is 588. The van der Waals surface area contributed by atoms with E-state index in [-0.39, 0.29) is 12.5 Å². The highest BCUT2D eigenvalue weighted by atomic mass is 32.1. The second kappa shape index (κ2) is 5.22. The SMILES string of the molecule is O=C(O)CCCc1nn2c(C3CCCO3)nnc2s1. The quantitative estimate of drug-likeness (QED) is 0.892. The molecule has 7 nitrogen and oxygen atoms in total. The number of aromatic nitrogens is 4.